The predicted octanol–water partition coefficient (Wildman–Crippen LogP) is 3.06. The standard InChI is InChI=1S/C18H16N2O2/c1-2-22-17-7-8-20(18(21)11-17)16-6-5-14-9-13(12-19)3-4-15(14)10-16/h3-4,7-11H,2,5-6H2,1H3. The smallest absolute Gasteiger partial charge is 0.258 e. The van der Waals surface area contributed by atoms with Crippen LogP contribution in [0.25, 0.3) is 11.8 Å². The molecule has 0 bridgehead atoms. The van der Waals surface area contributed by atoms with Crippen molar-refractivity contribution < 1.29 is 4.74 Å². The molecule has 1 aromatic carbocycles. The summed E-state index contributed by atoms with van der Waals surface area (Å²) in [5.74, 6) is 0.597. The number of nitrogens with zero attached hydrogens (tertiary/aromatic N) is 2. The molecule has 0 spiro atoms. The molecule has 0 saturated heterocycles. The van der Waals surface area contributed by atoms with Crippen LogP contribution >= 0.6 is 0 Å². The highest BCUT2D eigenvalue weighted by Gasteiger charge is 2.13. The molecule has 4 nitrogen and oxygen atoms in total. The number of benzene rings is 1. The van der Waals surface area contributed by atoms with Gasteiger partial charge in [-0.3, -0.25) is 9.36 Å². The number of allylic oxidation sites excluding steroid dienone is 1. The summed E-state index contributed by atoms with van der Waals surface area (Å²) in [4.78, 5) is 12.2. The number of pyridine rings is 1. The molecule has 4 heteroatoms. The van der Waals surface area contributed by atoms with Gasteiger partial charge in [0.1, 0.15) is 5.75 Å². The maximum absolute atomic E-state index is 12.2. The molecule has 22 heavy (non-hydrogen) atoms. The van der Waals surface area contributed by atoms with E-state index in [1.54, 1.807) is 22.9 Å². The number of nitriles is 1. The molecule has 110 valence electrons. The molecule has 0 fully saturated rings. The summed E-state index contributed by atoms with van der Waals surface area (Å²) < 4.78 is 7.00. The fraction of sp³-hybridized carbons (Fsp3) is 0.222. The van der Waals surface area contributed by atoms with Gasteiger partial charge in [-0.2, -0.15) is 5.26 Å². The van der Waals surface area contributed by atoms with Crippen molar-refractivity contribution in [2.45, 2.75) is 19.8 Å². The highest BCUT2D eigenvalue weighted by atomic mass is 16.5. The first kappa shape index (κ1) is 14.2. The van der Waals surface area contributed by atoms with Crippen molar-refractivity contribution in [1.29, 1.82) is 5.26 Å². The van der Waals surface area contributed by atoms with Gasteiger partial charge in [-0.15, -0.1) is 0 Å². The largest absolute Gasteiger partial charge is 0.494 e. The molecule has 3 rings (SSSR count). The zero-order valence-electron chi connectivity index (χ0n) is 12.4. The number of rotatable bonds is 3. The van der Waals surface area contributed by atoms with Gasteiger partial charge in [0.25, 0.3) is 5.56 Å². The van der Waals surface area contributed by atoms with E-state index in [9.17, 15) is 4.79 Å². The molecular formula is C18H16N2O2. The summed E-state index contributed by atoms with van der Waals surface area (Å²) in [5, 5.41) is 8.95. The van der Waals surface area contributed by atoms with Crippen LogP contribution in [-0.2, 0) is 6.42 Å². The fourth-order valence-electron chi connectivity index (χ4n) is 2.69. The molecule has 1 aromatic heterocycles. The minimum Gasteiger partial charge on any atom is -0.494 e. The highest BCUT2D eigenvalue weighted by molar-refractivity contribution is 5.75. The molecular weight excluding hydrogens is 276 g/mol. The van der Waals surface area contributed by atoms with E-state index in [1.807, 2.05) is 25.1 Å². The second kappa shape index (κ2) is 5.90. The van der Waals surface area contributed by atoms with Gasteiger partial charge in [-0.1, -0.05) is 6.07 Å². The van der Waals surface area contributed by atoms with Crippen molar-refractivity contribution in [3.8, 4) is 11.8 Å². The number of hydrogen-bond acceptors (Lipinski definition) is 3. The second-order valence-electron chi connectivity index (χ2n) is 5.16. The monoisotopic (exact) mass is 292 g/mol. The molecule has 0 aliphatic heterocycles. The van der Waals surface area contributed by atoms with E-state index in [4.69, 9.17) is 10.00 Å². The van der Waals surface area contributed by atoms with Crippen LogP contribution in [0.4, 0.5) is 0 Å². The molecule has 0 N–H and O–H groups in total. The lowest BCUT2D eigenvalue weighted by Crippen LogP contribution is -2.19. The summed E-state index contributed by atoms with van der Waals surface area (Å²) in [6.45, 7) is 2.43. The van der Waals surface area contributed by atoms with E-state index >= 15 is 0 Å². The van der Waals surface area contributed by atoms with Crippen LogP contribution in [0.3, 0.4) is 0 Å². The van der Waals surface area contributed by atoms with Crippen molar-refractivity contribution in [2.24, 2.45) is 0 Å². The van der Waals surface area contributed by atoms with Crippen LogP contribution in [0.2, 0.25) is 0 Å². The Balaban J connectivity index is 1.98. The second-order valence-corrected chi connectivity index (χ2v) is 5.16. The predicted molar refractivity (Wildman–Crippen MR) is 85.5 cm³/mol. The Hall–Kier alpha value is -2.80. The number of hydrogen-bond donors (Lipinski definition) is 0. The Bertz CT molecular complexity index is 841. The van der Waals surface area contributed by atoms with Crippen LogP contribution in [-0.4, -0.2) is 11.2 Å². The van der Waals surface area contributed by atoms with Crippen LogP contribution < -0.4 is 10.3 Å². The molecule has 2 aromatic rings. The SMILES string of the molecule is CCOc1ccn(C2=Cc3ccc(C#N)cc3CC2)c(=O)c1. The Morgan fingerprint density at radius 1 is 1.27 bits per heavy atom. The van der Waals surface area contributed by atoms with E-state index in [0.29, 0.717) is 17.9 Å². The van der Waals surface area contributed by atoms with Gasteiger partial charge in [0.2, 0.25) is 0 Å². The summed E-state index contributed by atoms with van der Waals surface area (Å²) in [7, 11) is 0. The van der Waals surface area contributed by atoms with Gasteiger partial charge < -0.3 is 4.74 Å². The van der Waals surface area contributed by atoms with Gasteiger partial charge in [0, 0.05) is 18.0 Å². The molecule has 0 atom stereocenters. The lowest BCUT2D eigenvalue weighted by Gasteiger charge is -2.18. The third kappa shape index (κ3) is 2.66. The van der Waals surface area contributed by atoms with Crippen LogP contribution in [0, 0.1) is 11.3 Å². The molecule has 1 aliphatic carbocycles. The first-order chi connectivity index (χ1) is 10.7. The molecule has 1 heterocycles. The van der Waals surface area contributed by atoms with Crippen molar-refractivity contribution in [3.05, 3.63) is 63.6 Å². The summed E-state index contributed by atoms with van der Waals surface area (Å²) in [6, 6.07) is 11.1. The van der Waals surface area contributed by atoms with E-state index in [0.717, 1.165) is 29.7 Å². The van der Waals surface area contributed by atoms with Crippen molar-refractivity contribution in [3.63, 3.8) is 0 Å². The zero-order valence-corrected chi connectivity index (χ0v) is 12.4. The maximum Gasteiger partial charge on any atom is 0.258 e. The first-order valence-corrected chi connectivity index (χ1v) is 7.30. The summed E-state index contributed by atoms with van der Waals surface area (Å²) in [6.07, 6.45) is 5.38. The zero-order chi connectivity index (χ0) is 15.5. The minimum atomic E-state index is -0.0886. The number of fused-ring (bicyclic) bond motifs is 1. The van der Waals surface area contributed by atoms with E-state index in [1.165, 1.54) is 6.07 Å². The van der Waals surface area contributed by atoms with E-state index in [-0.39, 0.29) is 5.56 Å². The van der Waals surface area contributed by atoms with Gasteiger partial charge >= 0.3 is 0 Å². The minimum absolute atomic E-state index is 0.0886. The lowest BCUT2D eigenvalue weighted by molar-refractivity contribution is 0.339. The lowest BCUT2D eigenvalue weighted by atomic mass is 9.93. The Morgan fingerprint density at radius 2 is 2.14 bits per heavy atom. The maximum atomic E-state index is 12.2. The Kier molecular flexibility index (Phi) is 3.80. The Labute approximate surface area is 128 Å². The normalized spacial score (nSPS) is 13.0. The number of aromatic nitrogens is 1. The quantitative estimate of drug-likeness (QED) is 0.873. The van der Waals surface area contributed by atoms with E-state index < -0.39 is 0 Å². The molecule has 0 amide bonds. The number of aryl methyl sites for hydroxylation is 1. The molecule has 1 aliphatic rings. The van der Waals surface area contributed by atoms with E-state index in [2.05, 4.69) is 6.07 Å². The van der Waals surface area contributed by atoms with Crippen LogP contribution in [0.5, 0.6) is 5.75 Å². The summed E-state index contributed by atoms with van der Waals surface area (Å²) in [5.41, 5.74) is 3.77. The Morgan fingerprint density at radius 3 is 2.86 bits per heavy atom. The average Bonchev–Trinajstić information content (AvgIpc) is 2.54. The highest BCUT2D eigenvalue weighted by Crippen LogP contribution is 2.27. The number of ether oxygens (including phenoxy) is 1. The van der Waals surface area contributed by atoms with Crippen LogP contribution in [0.1, 0.15) is 30.0 Å². The van der Waals surface area contributed by atoms with Crippen molar-refractivity contribution in [2.75, 3.05) is 6.61 Å². The third-order valence-electron chi connectivity index (χ3n) is 3.76. The van der Waals surface area contributed by atoms with Gasteiger partial charge in [-0.05, 0) is 55.2 Å². The molecule has 0 saturated carbocycles. The topological polar surface area (TPSA) is 55.0 Å². The van der Waals surface area contributed by atoms with Crippen LogP contribution in [0.15, 0.2) is 41.3 Å². The van der Waals surface area contributed by atoms with Crippen molar-refractivity contribution in [1.82, 2.24) is 4.57 Å². The van der Waals surface area contributed by atoms with Gasteiger partial charge in [0.05, 0.1) is 18.2 Å². The van der Waals surface area contributed by atoms with Gasteiger partial charge in [0.15, 0.2) is 0 Å². The molecule has 0 radical (unpaired) electrons. The average molecular weight is 292 g/mol. The first-order valence-electron chi connectivity index (χ1n) is 7.30. The molecule has 0 unspecified atom stereocenters. The third-order valence-corrected chi connectivity index (χ3v) is 3.76. The van der Waals surface area contributed by atoms with Crippen molar-refractivity contribution >= 4 is 11.8 Å². The van der Waals surface area contributed by atoms with Gasteiger partial charge in [-0.25, -0.2) is 0 Å². The fourth-order valence-corrected chi connectivity index (χ4v) is 2.69. The summed E-state index contributed by atoms with van der Waals surface area (Å²) >= 11 is 0.